The molecule has 2 aliphatic rings. The van der Waals surface area contributed by atoms with Gasteiger partial charge in [0.15, 0.2) is 0 Å². The molecule has 3 rings (SSSR count). The van der Waals surface area contributed by atoms with Gasteiger partial charge in [-0.25, -0.2) is 0 Å². The fourth-order valence-corrected chi connectivity index (χ4v) is 2.24. The number of rotatable bonds is 2. The van der Waals surface area contributed by atoms with Crippen LogP contribution in [0.4, 0.5) is 0 Å². The molecule has 0 aliphatic carbocycles. The van der Waals surface area contributed by atoms with E-state index < -0.39 is 0 Å². The van der Waals surface area contributed by atoms with E-state index in [4.69, 9.17) is 4.74 Å². The number of ether oxygens (including phenoxy) is 1. The van der Waals surface area contributed by atoms with E-state index in [1.807, 2.05) is 36.4 Å². The van der Waals surface area contributed by atoms with Crippen LogP contribution in [-0.4, -0.2) is 19.6 Å². The first kappa shape index (κ1) is 11.6. The second-order valence-electron chi connectivity index (χ2n) is 4.31. The summed E-state index contributed by atoms with van der Waals surface area (Å²) < 4.78 is 5.21. The highest BCUT2D eigenvalue weighted by molar-refractivity contribution is 5.95. The molecule has 0 spiro atoms. The van der Waals surface area contributed by atoms with Crippen molar-refractivity contribution in [2.75, 3.05) is 13.7 Å². The standard InChI is InChI=1S/C14H13N3O2/c1-19-10-5-2-4-9(8-10)12-11-6-3-7-15-13(11)14(18)17-16-12/h2-6,8,12,15H,7H2,1H3. The van der Waals surface area contributed by atoms with Crippen LogP contribution in [0.15, 0.2) is 57.9 Å². The number of carbonyl (C=O) groups excluding carboxylic acids is 1. The number of methoxy groups -OCH3 is 1. The van der Waals surface area contributed by atoms with Gasteiger partial charge in [-0.3, -0.25) is 4.79 Å². The van der Waals surface area contributed by atoms with Crippen LogP contribution < -0.4 is 10.1 Å². The predicted octanol–water partition coefficient (Wildman–Crippen LogP) is 2.14. The van der Waals surface area contributed by atoms with E-state index in [9.17, 15) is 4.79 Å². The van der Waals surface area contributed by atoms with Gasteiger partial charge in [0.05, 0.1) is 7.11 Å². The van der Waals surface area contributed by atoms with Gasteiger partial charge in [-0.1, -0.05) is 24.3 Å². The summed E-state index contributed by atoms with van der Waals surface area (Å²) in [7, 11) is 1.62. The van der Waals surface area contributed by atoms with E-state index in [0.29, 0.717) is 12.2 Å². The summed E-state index contributed by atoms with van der Waals surface area (Å²) in [5.74, 6) is 0.456. The van der Waals surface area contributed by atoms with Gasteiger partial charge in [0.1, 0.15) is 17.5 Å². The topological polar surface area (TPSA) is 63.1 Å². The number of carbonyl (C=O) groups is 1. The maximum absolute atomic E-state index is 11.7. The van der Waals surface area contributed by atoms with Gasteiger partial charge < -0.3 is 10.1 Å². The summed E-state index contributed by atoms with van der Waals surface area (Å²) in [6.07, 6.45) is 3.91. The minimum absolute atomic E-state index is 0.258. The molecule has 0 saturated heterocycles. The molecule has 0 radical (unpaired) electrons. The van der Waals surface area contributed by atoms with Crippen LogP contribution in [0.5, 0.6) is 5.75 Å². The summed E-state index contributed by atoms with van der Waals surface area (Å²) in [5, 5.41) is 10.9. The molecule has 0 aromatic heterocycles. The quantitative estimate of drug-likeness (QED) is 0.880. The van der Waals surface area contributed by atoms with Crippen LogP contribution >= 0.6 is 0 Å². The molecule has 5 nitrogen and oxygen atoms in total. The van der Waals surface area contributed by atoms with Crippen LogP contribution in [0, 0.1) is 0 Å². The third-order valence-electron chi connectivity index (χ3n) is 3.16. The summed E-state index contributed by atoms with van der Waals surface area (Å²) in [6.45, 7) is 0.644. The van der Waals surface area contributed by atoms with Crippen molar-refractivity contribution in [1.29, 1.82) is 0 Å². The summed E-state index contributed by atoms with van der Waals surface area (Å²) in [4.78, 5) is 11.7. The Balaban J connectivity index is 2.04. The zero-order chi connectivity index (χ0) is 13.2. The van der Waals surface area contributed by atoms with E-state index in [0.717, 1.165) is 16.9 Å². The fraction of sp³-hybridized carbons (Fsp3) is 0.214. The van der Waals surface area contributed by atoms with Crippen molar-refractivity contribution in [1.82, 2.24) is 5.32 Å². The smallest absolute Gasteiger partial charge is 0.311 e. The Labute approximate surface area is 110 Å². The Morgan fingerprint density at radius 1 is 1.42 bits per heavy atom. The van der Waals surface area contributed by atoms with Gasteiger partial charge >= 0.3 is 5.91 Å². The number of dihydropyridines is 1. The zero-order valence-corrected chi connectivity index (χ0v) is 10.5. The molecule has 2 aliphatic heterocycles. The molecule has 0 fully saturated rings. The normalized spacial score (nSPS) is 21.1. The van der Waals surface area contributed by atoms with Gasteiger partial charge in [0.25, 0.3) is 0 Å². The molecule has 0 saturated carbocycles. The van der Waals surface area contributed by atoms with Gasteiger partial charge in [-0.2, -0.15) is 5.11 Å². The van der Waals surface area contributed by atoms with Gasteiger partial charge in [-0.05, 0) is 17.7 Å². The Morgan fingerprint density at radius 3 is 3.16 bits per heavy atom. The second-order valence-corrected chi connectivity index (χ2v) is 4.31. The number of hydrogen-bond donors (Lipinski definition) is 1. The van der Waals surface area contributed by atoms with Crippen LogP contribution in [0.1, 0.15) is 11.6 Å². The molecule has 2 heterocycles. The van der Waals surface area contributed by atoms with E-state index in [1.54, 1.807) is 7.11 Å². The lowest BCUT2D eigenvalue weighted by molar-refractivity contribution is -0.115. The van der Waals surface area contributed by atoms with Crippen LogP contribution in [0.3, 0.4) is 0 Å². The van der Waals surface area contributed by atoms with E-state index in [1.165, 1.54) is 0 Å². The number of benzene rings is 1. The molecule has 0 bridgehead atoms. The molecule has 96 valence electrons. The van der Waals surface area contributed by atoms with Crippen molar-refractivity contribution < 1.29 is 9.53 Å². The molecular formula is C14H13N3O2. The maximum Gasteiger partial charge on any atom is 0.311 e. The first-order valence-electron chi connectivity index (χ1n) is 6.03. The van der Waals surface area contributed by atoms with Crippen molar-refractivity contribution in [2.24, 2.45) is 10.2 Å². The average molecular weight is 255 g/mol. The Morgan fingerprint density at radius 2 is 2.32 bits per heavy atom. The molecule has 1 atom stereocenters. The average Bonchev–Trinajstić information content (AvgIpc) is 2.48. The van der Waals surface area contributed by atoms with E-state index in [-0.39, 0.29) is 11.9 Å². The molecule has 1 aromatic rings. The first-order chi connectivity index (χ1) is 9.29. The third kappa shape index (κ3) is 2.03. The van der Waals surface area contributed by atoms with E-state index in [2.05, 4.69) is 15.5 Å². The Hall–Kier alpha value is -2.43. The lowest BCUT2D eigenvalue weighted by Crippen LogP contribution is -2.27. The summed E-state index contributed by atoms with van der Waals surface area (Å²) in [6, 6.07) is 7.38. The monoisotopic (exact) mass is 255 g/mol. The van der Waals surface area contributed by atoms with Crippen molar-refractivity contribution in [3.8, 4) is 5.75 Å². The largest absolute Gasteiger partial charge is 0.497 e. The molecular weight excluding hydrogens is 242 g/mol. The van der Waals surface area contributed by atoms with E-state index >= 15 is 0 Å². The lowest BCUT2D eigenvalue weighted by Gasteiger charge is -2.23. The highest BCUT2D eigenvalue weighted by Gasteiger charge is 2.28. The predicted molar refractivity (Wildman–Crippen MR) is 69.8 cm³/mol. The third-order valence-corrected chi connectivity index (χ3v) is 3.16. The SMILES string of the molecule is COc1cccc(C2N=NC(=O)C3=C2C=CCN3)c1. The Kier molecular flexibility index (Phi) is 2.87. The molecule has 1 unspecified atom stereocenters. The fourth-order valence-electron chi connectivity index (χ4n) is 2.24. The zero-order valence-electron chi connectivity index (χ0n) is 10.5. The molecule has 19 heavy (non-hydrogen) atoms. The second kappa shape index (κ2) is 4.68. The van der Waals surface area contributed by atoms with Gasteiger partial charge in [0.2, 0.25) is 0 Å². The maximum atomic E-state index is 11.7. The van der Waals surface area contributed by atoms with Crippen molar-refractivity contribution in [3.05, 3.63) is 53.3 Å². The minimum Gasteiger partial charge on any atom is -0.497 e. The van der Waals surface area contributed by atoms with Crippen LogP contribution in [-0.2, 0) is 4.79 Å². The number of nitrogens with zero attached hydrogens (tertiary/aromatic N) is 2. The number of azo groups is 1. The van der Waals surface area contributed by atoms with Crippen molar-refractivity contribution >= 4 is 5.91 Å². The highest BCUT2D eigenvalue weighted by atomic mass is 16.5. The molecule has 1 aromatic carbocycles. The van der Waals surface area contributed by atoms with Gasteiger partial charge in [0, 0.05) is 12.1 Å². The number of hydrogen-bond acceptors (Lipinski definition) is 4. The van der Waals surface area contributed by atoms with Crippen molar-refractivity contribution in [3.63, 3.8) is 0 Å². The summed E-state index contributed by atoms with van der Waals surface area (Å²) in [5.41, 5.74) is 2.36. The van der Waals surface area contributed by atoms with Crippen LogP contribution in [0.25, 0.3) is 0 Å². The lowest BCUT2D eigenvalue weighted by atomic mass is 9.94. The summed E-state index contributed by atoms with van der Waals surface area (Å²) >= 11 is 0. The van der Waals surface area contributed by atoms with Gasteiger partial charge in [-0.15, -0.1) is 5.11 Å². The highest BCUT2D eigenvalue weighted by Crippen LogP contribution is 2.34. The number of amides is 1. The molecule has 1 amide bonds. The molecule has 5 heteroatoms. The van der Waals surface area contributed by atoms with Crippen molar-refractivity contribution in [2.45, 2.75) is 6.04 Å². The molecule has 1 N–H and O–H groups in total. The number of nitrogens with one attached hydrogen (secondary N) is 1. The first-order valence-corrected chi connectivity index (χ1v) is 6.03. The Bertz CT molecular complexity index is 617. The van der Waals surface area contributed by atoms with Crippen LogP contribution in [0.2, 0.25) is 0 Å². The minimum atomic E-state index is -0.307.